The first-order chi connectivity index (χ1) is 15.7. The number of carbonyl (C=O) groups is 1. The van der Waals surface area contributed by atoms with E-state index in [2.05, 4.69) is 15.3 Å². The summed E-state index contributed by atoms with van der Waals surface area (Å²) in [5.41, 5.74) is 1.36. The van der Waals surface area contributed by atoms with Gasteiger partial charge in [-0.2, -0.15) is 10.2 Å². The van der Waals surface area contributed by atoms with Crippen molar-refractivity contribution in [2.75, 3.05) is 0 Å². The Bertz CT molecular complexity index is 1500. The van der Waals surface area contributed by atoms with E-state index in [1.807, 2.05) is 72.1 Å². The maximum absolute atomic E-state index is 12.8. The quantitative estimate of drug-likeness (QED) is 0.229. The van der Waals surface area contributed by atoms with Crippen molar-refractivity contribution >= 4 is 45.4 Å². The second kappa shape index (κ2) is 8.70. The van der Waals surface area contributed by atoms with E-state index in [4.69, 9.17) is 0 Å². The highest BCUT2D eigenvalue weighted by Gasteiger charge is 2.17. The van der Waals surface area contributed by atoms with Gasteiger partial charge in [0.1, 0.15) is 5.75 Å². The first-order valence-electron chi connectivity index (χ1n) is 9.72. The van der Waals surface area contributed by atoms with Crippen molar-refractivity contribution in [3.05, 3.63) is 104 Å². The van der Waals surface area contributed by atoms with E-state index in [9.17, 15) is 9.90 Å². The molecule has 0 saturated heterocycles. The summed E-state index contributed by atoms with van der Waals surface area (Å²) in [6.07, 6.45) is 1.52. The molecule has 3 aromatic carbocycles. The molecule has 0 aliphatic carbocycles. The van der Waals surface area contributed by atoms with Crippen LogP contribution in [0.25, 0.3) is 16.5 Å². The standard InChI is InChI=1S/C24H16N4O2S2/c29-20-13-12-16-7-4-5-10-18(16)19(20)15-25-26-24-28(17-8-2-1-3-9-17)27-23(32-24)22(30)21-11-6-14-31-21/h1-15,29H/b25-15+,26-24-. The normalized spacial score (nSPS) is 12.1. The molecule has 0 spiro atoms. The zero-order chi connectivity index (χ0) is 21.9. The summed E-state index contributed by atoms with van der Waals surface area (Å²) in [5.74, 6) is -0.0248. The van der Waals surface area contributed by atoms with Gasteiger partial charge in [0.15, 0.2) is 5.01 Å². The van der Waals surface area contributed by atoms with Crippen LogP contribution in [-0.2, 0) is 0 Å². The summed E-state index contributed by atoms with van der Waals surface area (Å²) in [6.45, 7) is 0. The Kier molecular flexibility index (Phi) is 5.45. The molecule has 0 fully saturated rings. The van der Waals surface area contributed by atoms with Gasteiger partial charge >= 0.3 is 0 Å². The van der Waals surface area contributed by atoms with Gasteiger partial charge in [-0.25, -0.2) is 4.68 Å². The lowest BCUT2D eigenvalue weighted by Crippen LogP contribution is -2.14. The minimum absolute atomic E-state index is 0.122. The molecule has 6 nitrogen and oxygen atoms in total. The minimum Gasteiger partial charge on any atom is -0.507 e. The Morgan fingerprint density at radius 1 is 0.969 bits per heavy atom. The number of benzene rings is 3. The lowest BCUT2D eigenvalue weighted by Gasteiger charge is -2.03. The third-order valence-corrected chi connectivity index (χ3v) is 6.54. The number of aromatic hydroxyl groups is 1. The second-order valence-corrected chi connectivity index (χ2v) is 8.71. The lowest BCUT2D eigenvalue weighted by atomic mass is 10.0. The van der Waals surface area contributed by atoms with Crippen LogP contribution >= 0.6 is 22.7 Å². The van der Waals surface area contributed by atoms with Crippen molar-refractivity contribution in [2.24, 2.45) is 10.2 Å². The number of phenols is 1. The minimum atomic E-state index is -0.146. The first kappa shape index (κ1) is 20.0. The van der Waals surface area contributed by atoms with Gasteiger partial charge in [-0.3, -0.25) is 4.79 Å². The van der Waals surface area contributed by atoms with Crippen molar-refractivity contribution in [3.8, 4) is 11.4 Å². The topological polar surface area (TPSA) is 79.8 Å². The molecule has 5 rings (SSSR count). The van der Waals surface area contributed by atoms with Crippen LogP contribution in [0.3, 0.4) is 0 Å². The monoisotopic (exact) mass is 456 g/mol. The van der Waals surface area contributed by atoms with E-state index in [-0.39, 0.29) is 11.5 Å². The molecule has 2 heterocycles. The fraction of sp³-hybridized carbons (Fsp3) is 0. The van der Waals surface area contributed by atoms with Crippen molar-refractivity contribution in [2.45, 2.75) is 0 Å². The van der Waals surface area contributed by atoms with E-state index >= 15 is 0 Å². The van der Waals surface area contributed by atoms with Crippen LogP contribution in [0.15, 0.2) is 94.4 Å². The van der Waals surface area contributed by atoms with Gasteiger partial charge in [0.25, 0.3) is 0 Å². The van der Waals surface area contributed by atoms with Crippen molar-refractivity contribution < 1.29 is 9.90 Å². The van der Waals surface area contributed by atoms with Crippen LogP contribution in [0.1, 0.15) is 20.2 Å². The fourth-order valence-corrected chi connectivity index (χ4v) is 4.79. The summed E-state index contributed by atoms with van der Waals surface area (Å²) in [7, 11) is 0. The molecule has 156 valence electrons. The molecule has 0 unspecified atom stereocenters. The number of hydrogen-bond donors (Lipinski definition) is 1. The average Bonchev–Trinajstić information content (AvgIpc) is 3.51. The Hall–Kier alpha value is -3.88. The Morgan fingerprint density at radius 3 is 2.59 bits per heavy atom. The molecule has 0 bridgehead atoms. The Labute approximate surface area is 191 Å². The second-order valence-electron chi connectivity index (χ2n) is 6.81. The summed E-state index contributed by atoms with van der Waals surface area (Å²) < 4.78 is 1.60. The molecular formula is C24H16N4O2S2. The maximum atomic E-state index is 12.8. The third-order valence-electron chi connectivity index (χ3n) is 4.78. The van der Waals surface area contributed by atoms with E-state index in [0.717, 1.165) is 16.5 Å². The summed E-state index contributed by atoms with van der Waals surface area (Å²) in [5, 5.41) is 27.5. The van der Waals surface area contributed by atoms with E-state index < -0.39 is 0 Å². The molecule has 8 heteroatoms. The number of phenolic OH excluding ortho intramolecular Hbond substituents is 1. The largest absolute Gasteiger partial charge is 0.507 e. The SMILES string of the molecule is O=C(c1cccs1)c1nn(-c2ccccc2)/c(=N/N=C/c2c(O)ccc3ccccc23)s1. The smallest absolute Gasteiger partial charge is 0.233 e. The molecule has 0 amide bonds. The Balaban J connectivity index is 1.60. The maximum Gasteiger partial charge on any atom is 0.233 e. The van der Waals surface area contributed by atoms with Gasteiger partial charge in [-0.15, -0.1) is 16.4 Å². The number of hydrogen-bond acceptors (Lipinski definition) is 7. The highest BCUT2D eigenvalue weighted by Crippen LogP contribution is 2.25. The molecule has 0 saturated carbocycles. The van der Waals surface area contributed by atoms with E-state index in [0.29, 0.717) is 20.2 Å². The van der Waals surface area contributed by atoms with E-state index in [1.165, 1.54) is 28.9 Å². The van der Waals surface area contributed by atoms with Crippen LogP contribution in [0.5, 0.6) is 5.75 Å². The zero-order valence-electron chi connectivity index (χ0n) is 16.6. The molecule has 2 aromatic heterocycles. The highest BCUT2D eigenvalue weighted by molar-refractivity contribution is 7.15. The van der Waals surface area contributed by atoms with Crippen LogP contribution in [0.4, 0.5) is 0 Å². The van der Waals surface area contributed by atoms with Crippen LogP contribution in [-0.4, -0.2) is 26.9 Å². The molecule has 0 radical (unpaired) electrons. The number of ketones is 1. The highest BCUT2D eigenvalue weighted by atomic mass is 32.1. The number of aromatic nitrogens is 2. The summed E-state index contributed by atoms with van der Waals surface area (Å²) in [6, 6.07) is 24.3. The van der Waals surface area contributed by atoms with Gasteiger partial charge in [-0.05, 0) is 40.4 Å². The first-order valence-corrected chi connectivity index (χ1v) is 11.4. The van der Waals surface area contributed by atoms with Gasteiger partial charge < -0.3 is 5.11 Å². The molecule has 1 N–H and O–H groups in total. The molecule has 0 atom stereocenters. The van der Waals surface area contributed by atoms with Gasteiger partial charge in [0, 0.05) is 5.56 Å². The van der Waals surface area contributed by atoms with Crippen LogP contribution in [0, 0.1) is 0 Å². The summed E-state index contributed by atoms with van der Waals surface area (Å²) >= 11 is 2.54. The number of fused-ring (bicyclic) bond motifs is 1. The molecule has 0 aliphatic rings. The van der Waals surface area contributed by atoms with Crippen LogP contribution < -0.4 is 4.80 Å². The van der Waals surface area contributed by atoms with Crippen molar-refractivity contribution in [3.63, 3.8) is 0 Å². The lowest BCUT2D eigenvalue weighted by molar-refractivity contribution is 0.104. The molecule has 0 aliphatic heterocycles. The number of para-hydroxylation sites is 1. The van der Waals surface area contributed by atoms with Gasteiger partial charge in [0.05, 0.1) is 16.8 Å². The summed E-state index contributed by atoms with van der Waals surface area (Å²) in [4.78, 5) is 13.9. The molecule has 5 aromatic rings. The number of rotatable bonds is 5. The number of nitrogens with zero attached hydrogens (tertiary/aromatic N) is 4. The molecular weight excluding hydrogens is 440 g/mol. The predicted molar refractivity (Wildman–Crippen MR) is 128 cm³/mol. The Morgan fingerprint density at radius 2 is 1.78 bits per heavy atom. The number of thiophene rings is 1. The average molecular weight is 457 g/mol. The fourth-order valence-electron chi connectivity index (χ4n) is 3.24. The predicted octanol–water partition coefficient (Wildman–Crippen LogP) is 5.02. The molecule has 32 heavy (non-hydrogen) atoms. The third kappa shape index (κ3) is 3.89. The van der Waals surface area contributed by atoms with Gasteiger partial charge in [-0.1, -0.05) is 65.9 Å². The van der Waals surface area contributed by atoms with E-state index in [1.54, 1.807) is 16.8 Å². The number of carbonyl (C=O) groups excluding carboxylic acids is 1. The van der Waals surface area contributed by atoms with Crippen LogP contribution in [0.2, 0.25) is 0 Å². The van der Waals surface area contributed by atoms with Crippen molar-refractivity contribution in [1.29, 1.82) is 0 Å². The van der Waals surface area contributed by atoms with Crippen molar-refractivity contribution in [1.82, 2.24) is 9.78 Å². The zero-order valence-corrected chi connectivity index (χ0v) is 18.3. The van der Waals surface area contributed by atoms with Gasteiger partial charge in [0.2, 0.25) is 10.6 Å².